The van der Waals surface area contributed by atoms with Crippen LogP contribution in [0.25, 0.3) is 0 Å². The Morgan fingerprint density at radius 2 is 2.07 bits per heavy atom. The Hall–Kier alpha value is -1.84. The molecular formula is C11H15NO3. The van der Waals surface area contributed by atoms with Crippen LogP contribution in [0, 0.1) is 0 Å². The van der Waals surface area contributed by atoms with E-state index in [-0.39, 0.29) is 6.54 Å². The van der Waals surface area contributed by atoms with Gasteiger partial charge in [0.1, 0.15) is 6.54 Å². The highest BCUT2D eigenvalue weighted by Gasteiger charge is 2.09. The van der Waals surface area contributed by atoms with E-state index in [9.17, 15) is 9.59 Å². The number of carbonyl (C=O) groups excluding carboxylic acids is 1. The molecule has 0 bridgehead atoms. The first kappa shape index (κ1) is 13.2. The molecule has 0 spiro atoms. The summed E-state index contributed by atoms with van der Waals surface area (Å²) in [7, 11) is 0. The molecule has 0 fully saturated rings. The van der Waals surface area contributed by atoms with Crippen molar-refractivity contribution in [2.24, 2.45) is 0 Å². The number of allylic oxidation sites excluding steroid dienone is 3. The summed E-state index contributed by atoms with van der Waals surface area (Å²) in [6.07, 6.45) is 5.07. The molecule has 4 nitrogen and oxygen atoms in total. The van der Waals surface area contributed by atoms with Crippen LogP contribution in [-0.2, 0) is 9.59 Å². The third kappa shape index (κ3) is 5.46. The fourth-order valence-corrected chi connectivity index (χ4v) is 0.855. The van der Waals surface area contributed by atoms with Gasteiger partial charge >= 0.3 is 5.97 Å². The Balaban J connectivity index is 4.57. The van der Waals surface area contributed by atoms with Gasteiger partial charge in [-0.25, -0.2) is 0 Å². The van der Waals surface area contributed by atoms with Crippen molar-refractivity contribution in [2.75, 3.05) is 6.54 Å². The van der Waals surface area contributed by atoms with Crippen molar-refractivity contribution in [1.29, 1.82) is 0 Å². The number of carbonyl (C=O) groups is 2. The molecule has 0 radical (unpaired) electrons. The number of hydrogen-bond acceptors (Lipinski definition) is 2. The van der Waals surface area contributed by atoms with E-state index < -0.39 is 11.9 Å². The topological polar surface area (TPSA) is 66.4 Å². The molecule has 0 aromatic heterocycles. The lowest BCUT2D eigenvalue weighted by atomic mass is 10.1. The Bertz CT molecular complexity index is 327. The zero-order valence-electron chi connectivity index (χ0n) is 8.91. The minimum atomic E-state index is -1.07. The van der Waals surface area contributed by atoms with Gasteiger partial charge in [-0.1, -0.05) is 18.7 Å². The zero-order valence-corrected chi connectivity index (χ0v) is 8.91. The molecule has 4 heteroatoms. The molecule has 0 aliphatic heterocycles. The summed E-state index contributed by atoms with van der Waals surface area (Å²) in [6, 6.07) is 0. The quantitative estimate of drug-likeness (QED) is 0.529. The summed E-state index contributed by atoms with van der Waals surface area (Å²) < 4.78 is 0. The number of hydrogen-bond donors (Lipinski definition) is 2. The summed E-state index contributed by atoms with van der Waals surface area (Å²) in [5.74, 6) is -1.50. The van der Waals surface area contributed by atoms with Crippen molar-refractivity contribution in [3.63, 3.8) is 0 Å². The van der Waals surface area contributed by atoms with Crippen molar-refractivity contribution in [3.05, 3.63) is 36.0 Å². The van der Waals surface area contributed by atoms with Gasteiger partial charge in [0.2, 0.25) is 0 Å². The molecule has 0 aliphatic rings. The lowest BCUT2D eigenvalue weighted by Crippen LogP contribution is -2.30. The molecule has 15 heavy (non-hydrogen) atoms. The third-order valence-corrected chi connectivity index (χ3v) is 1.56. The number of carboxylic acid groups (broad SMARTS) is 1. The Kier molecular flexibility index (Phi) is 5.78. The first-order valence-electron chi connectivity index (χ1n) is 4.48. The number of rotatable bonds is 5. The normalized spacial score (nSPS) is 11.5. The average molecular weight is 209 g/mol. The number of carboxylic acids is 1. The fourth-order valence-electron chi connectivity index (χ4n) is 0.855. The molecule has 82 valence electrons. The van der Waals surface area contributed by atoms with E-state index in [4.69, 9.17) is 5.11 Å². The molecular weight excluding hydrogens is 194 g/mol. The van der Waals surface area contributed by atoms with Gasteiger partial charge < -0.3 is 10.4 Å². The van der Waals surface area contributed by atoms with Crippen molar-refractivity contribution in [1.82, 2.24) is 5.32 Å². The first-order valence-corrected chi connectivity index (χ1v) is 4.48. The Labute approximate surface area is 89.0 Å². The molecule has 2 N–H and O–H groups in total. The van der Waals surface area contributed by atoms with Crippen molar-refractivity contribution in [3.8, 4) is 0 Å². The third-order valence-electron chi connectivity index (χ3n) is 1.56. The predicted molar refractivity (Wildman–Crippen MR) is 58.4 cm³/mol. The second-order valence-corrected chi connectivity index (χ2v) is 2.96. The molecule has 1 amide bonds. The van der Waals surface area contributed by atoms with E-state index in [0.29, 0.717) is 11.1 Å². The van der Waals surface area contributed by atoms with E-state index in [1.807, 2.05) is 6.92 Å². The molecule has 0 saturated heterocycles. The second kappa shape index (κ2) is 6.59. The van der Waals surface area contributed by atoms with Crippen molar-refractivity contribution < 1.29 is 14.7 Å². The number of aliphatic carboxylic acids is 1. The molecule has 0 atom stereocenters. The Morgan fingerprint density at radius 3 is 2.47 bits per heavy atom. The summed E-state index contributed by atoms with van der Waals surface area (Å²) in [6.45, 7) is 6.77. The monoisotopic (exact) mass is 209 g/mol. The van der Waals surface area contributed by atoms with Gasteiger partial charge in [-0.15, -0.1) is 0 Å². The number of nitrogens with one attached hydrogen (secondary N) is 1. The molecule has 0 rings (SSSR count). The summed E-state index contributed by atoms with van der Waals surface area (Å²) in [5, 5.41) is 10.7. The summed E-state index contributed by atoms with van der Waals surface area (Å²) >= 11 is 0. The fraction of sp³-hybridized carbons (Fsp3) is 0.273. The average Bonchev–Trinajstić information content (AvgIpc) is 2.14. The van der Waals surface area contributed by atoms with E-state index in [1.54, 1.807) is 25.2 Å². The standard InChI is InChI=1S/C11H15NO3/c1-4-5-6-9(8(2)3)11(15)12-7-10(13)14/h4-6H,2,7H2,1,3H3,(H,12,15)(H,13,14)/b5-4-,9-6+. The van der Waals surface area contributed by atoms with E-state index >= 15 is 0 Å². The van der Waals surface area contributed by atoms with E-state index in [1.165, 1.54) is 0 Å². The highest BCUT2D eigenvalue weighted by atomic mass is 16.4. The number of amides is 1. The van der Waals surface area contributed by atoms with Gasteiger partial charge in [0.15, 0.2) is 0 Å². The van der Waals surface area contributed by atoms with Crippen LogP contribution in [0.4, 0.5) is 0 Å². The van der Waals surface area contributed by atoms with Crippen LogP contribution in [0.2, 0.25) is 0 Å². The second-order valence-electron chi connectivity index (χ2n) is 2.96. The van der Waals surface area contributed by atoms with E-state index in [0.717, 1.165) is 0 Å². The van der Waals surface area contributed by atoms with Crippen molar-refractivity contribution in [2.45, 2.75) is 13.8 Å². The van der Waals surface area contributed by atoms with Crippen LogP contribution in [-0.4, -0.2) is 23.5 Å². The highest BCUT2D eigenvalue weighted by molar-refractivity contribution is 5.98. The minimum absolute atomic E-state index is 0.384. The van der Waals surface area contributed by atoms with E-state index in [2.05, 4.69) is 11.9 Å². The zero-order chi connectivity index (χ0) is 11.8. The van der Waals surface area contributed by atoms with Crippen LogP contribution in [0.3, 0.4) is 0 Å². The minimum Gasteiger partial charge on any atom is -0.480 e. The highest BCUT2D eigenvalue weighted by Crippen LogP contribution is 2.06. The largest absolute Gasteiger partial charge is 0.480 e. The smallest absolute Gasteiger partial charge is 0.322 e. The van der Waals surface area contributed by atoms with Gasteiger partial charge in [-0.05, 0) is 25.5 Å². The Morgan fingerprint density at radius 1 is 1.47 bits per heavy atom. The summed E-state index contributed by atoms with van der Waals surface area (Å²) in [4.78, 5) is 21.7. The maximum absolute atomic E-state index is 11.5. The maximum atomic E-state index is 11.5. The molecule has 0 aromatic carbocycles. The lowest BCUT2D eigenvalue weighted by molar-refractivity contribution is -0.137. The SMILES string of the molecule is C=C(C)/C(=C\C=C/C)C(=O)NCC(=O)O. The maximum Gasteiger partial charge on any atom is 0.322 e. The van der Waals surface area contributed by atoms with Gasteiger partial charge in [0.25, 0.3) is 5.91 Å². The molecule has 0 aromatic rings. The van der Waals surface area contributed by atoms with Crippen LogP contribution in [0.15, 0.2) is 36.0 Å². The van der Waals surface area contributed by atoms with Gasteiger partial charge in [-0.3, -0.25) is 9.59 Å². The van der Waals surface area contributed by atoms with Crippen LogP contribution in [0.1, 0.15) is 13.8 Å². The molecule has 0 saturated carbocycles. The van der Waals surface area contributed by atoms with Gasteiger partial charge in [-0.2, -0.15) is 0 Å². The molecule has 0 heterocycles. The molecule has 0 aliphatic carbocycles. The van der Waals surface area contributed by atoms with Gasteiger partial charge in [0.05, 0.1) is 0 Å². The lowest BCUT2D eigenvalue weighted by Gasteiger charge is -2.05. The predicted octanol–water partition coefficient (Wildman–Crippen LogP) is 1.27. The van der Waals surface area contributed by atoms with Crippen LogP contribution in [0.5, 0.6) is 0 Å². The first-order chi connectivity index (χ1) is 6.99. The van der Waals surface area contributed by atoms with Crippen LogP contribution >= 0.6 is 0 Å². The van der Waals surface area contributed by atoms with Crippen LogP contribution < -0.4 is 5.32 Å². The van der Waals surface area contributed by atoms with Gasteiger partial charge in [0, 0.05) is 5.57 Å². The van der Waals surface area contributed by atoms with Crippen molar-refractivity contribution >= 4 is 11.9 Å². The molecule has 0 unspecified atom stereocenters. The summed E-state index contributed by atoms with van der Waals surface area (Å²) in [5.41, 5.74) is 0.977.